The molecule has 6 N–H and O–H groups in total. The number of ether oxygens (including phenoxy) is 2. The summed E-state index contributed by atoms with van der Waals surface area (Å²) in [4.78, 5) is 35.1. The number of aliphatic imine (C=N–C) groups is 1. The van der Waals surface area contributed by atoms with Crippen LogP contribution >= 0.6 is 0 Å². The van der Waals surface area contributed by atoms with Crippen molar-refractivity contribution in [1.29, 1.82) is 0 Å². The number of halogens is 1. The summed E-state index contributed by atoms with van der Waals surface area (Å²) in [6, 6.07) is 4.08. The second-order valence-electron chi connectivity index (χ2n) is 10.8. The highest BCUT2D eigenvalue weighted by molar-refractivity contribution is 5.90. The van der Waals surface area contributed by atoms with Gasteiger partial charge in [-0.25, -0.2) is 9.18 Å². The van der Waals surface area contributed by atoms with Gasteiger partial charge in [-0.1, -0.05) is 45.4 Å². The van der Waals surface area contributed by atoms with Crippen LogP contribution in [0.2, 0.25) is 0 Å². The average Bonchev–Trinajstić information content (AvgIpc) is 3.33. The van der Waals surface area contributed by atoms with Crippen molar-refractivity contribution in [2.24, 2.45) is 22.2 Å². The maximum Gasteiger partial charge on any atom is 0.414 e. The predicted octanol–water partition coefficient (Wildman–Crippen LogP) is 2.95. The predicted molar refractivity (Wildman–Crippen MR) is 160 cm³/mol. The number of nitrogens with zero attached hydrogens (tertiary/aromatic N) is 4. The summed E-state index contributed by atoms with van der Waals surface area (Å²) in [5.74, 6) is -0.576. The van der Waals surface area contributed by atoms with Gasteiger partial charge in [0, 0.05) is 26.2 Å². The van der Waals surface area contributed by atoms with E-state index >= 15 is 4.39 Å². The highest BCUT2D eigenvalue weighted by Gasteiger charge is 2.35. The Labute approximate surface area is 243 Å². The Morgan fingerprint density at radius 2 is 1.83 bits per heavy atom. The summed E-state index contributed by atoms with van der Waals surface area (Å²) >= 11 is 0. The molecule has 12 heteroatoms. The Morgan fingerprint density at radius 1 is 1.12 bits per heavy atom. The zero-order valence-corrected chi connectivity index (χ0v) is 24.4. The normalized spacial score (nSPS) is 17.8. The lowest BCUT2D eigenvalue weighted by Gasteiger charge is -2.29. The van der Waals surface area contributed by atoms with Crippen LogP contribution in [0.3, 0.4) is 0 Å². The number of carbonyl (C=O) groups excluding carboxylic acids is 2. The minimum atomic E-state index is -0.705. The van der Waals surface area contributed by atoms with Crippen LogP contribution in [-0.4, -0.2) is 87.5 Å². The van der Waals surface area contributed by atoms with Gasteiger partial charge in [0.2, 0.25) is 5.91 Å². The number of cyclic esters (lactones) is 1. The van der Waals surface area contributed by atoms with E-state index in [2.05, 4.69) is 11.9 Å². The molecular formula is C29H48FN7O4. The highest BCUT2D eigenvalue weighted by Crippen LogP contribution is 2.28. The minimum Gasteiger partial charge on any atom is -0.442 e. The smallest absolute Gasteiger partial charge is 0.414 e. The maximum atomic E-state index is 15.0. The SMILES string of the molecule is CCCCCCCCCN(C[C@H]1CN(c2ccc(N3CCOCC3)c(F)c2)C(=O)O1)C(=O)[C@@H](N)CCCN=C(N)N. The third-order valence-corrected chi connectivity index (χ3v) is 7.52. The van der Waals surface area contributed by atoms with E-state index in [-0.39, 0.29) is 25.0 Å². The number of hydrogen-bond acceptors (Lipinski definition) is 7. The van der Waals surface area contributed by atoms with Crippen LogP contribution in [0.4, 0.5) is 20.6 Å². The molecule has 2 heterocycles. The van der Waals surface area contributed by atoms with Crippen molar-refractivity contribution >= 4 is 29.3 Å². The van der Waals surface area contributed by atoms with Crippen LogP contribution in [0.15, 0.2) is 23.2 Å². The Morgan fingerprint density at radius 3 is 2.51 bits per heavy atom. The largest absolute Gasteiger partial charge is 0.442 e. The summed E-state index contributed by atoms with van der Waals surface area (Å²) in [5, 5.41) is 0. The number of unbranched alkanes of at least 4 members (excludes halogenated alkanes) is 6. The van der Waals surface area contributed by atoms with Crippen molar-refractivity contribution in [3.05, 3.63) is 24.0 Å². The fourth-order valence-corrected chi connectivity index (χ4v) is 5.23. The van der Waals surface area contributed by atoms with Gasteiger partial charge < -0.3 is 36.5 Å². The molecular weight excluding hydrogens is 529 g/mol. The molecule has 11 nitrogen and oxygen atoms in total. The molecule has 0 bridgehead atoms. The molecule has 0 aliphatic carbocycles. The second kappa shape index (κ2) is 17.0. The van der Waals surface area contributed by atoms with E-state index in [4.69, 9.17) is 26.7 Å². The number of morpholine rings is 1. The molecule has 2 saturated heterocycles. The molecule has 0 spiro atoms. The summed E-state index contributed by atoms with van der Waals surface area (Å²) in [6.07, 6.45) is 7.73. The molecule has 1 aromatic carbocycles. The molecule has 0 unspecified atom stereocenters. The van der Waals surface area contributed by atoms with E-state index in [1.165, 1.54) is 36.6 Å². The molecule has 2 aliphatic heterocycles. The average molecular weight is 578 g/mol. The number of rotatable bonds is 17. The molecule has 2 aliphatic rings. The van der Waals surface area contributed by atoms with E-state index in [0.717, 1.165) is 19.3 Å². The van der Waals surface area contributed by atoms with Crippen LogP contribution in [-0.2, 0) is 14.3 Å². The van der Waals surface area contributed by atoms with Gasteiger partial charge in [0.05, 0.1) is 43.7 Å². The zero-order valence-electron chi connectivity index (χ0n) is 24.4. The fraction of sp³-hybridized carbons (Fsp3) is 0.690. The van der Waals surface area contributed by atoms with Gasteiger partial charge in [0.25, 0.3) is 0 Å². The first kappa shape index (κ1) is 32.4. The van der Waals surface area contributed by atoms with Crippen LogP contribution in [0.25, 0.3) is 0 Å². The molecule has 2 atom stereocenters. The summed E-state index contributed by atoms with van der Waals surface area (Å²) in [6.45, 7) is 5.90. The van der Waals surface area contributed by atoms with Gasteiger partial charge in [-0.05, 0) is 37.5 Å². The zero-order chi connectivity index (χ0) is 29.6. The molecule has 1 aromatic rings. The Bertz CT molecular complexity index is 1000. The van der Waals surface area contributed by atoms with Crippen LogP contribution < -0.4 is 27.0 Å². The Kier molecular flexibility index (Phi) is 13.4. The van der Waals surface area contributed by atoms with Gasteiger partial charge in [-0.2, -0.15) is 0 Å². The standard InChI is InChI=1S/C29H48FN7O4/c1-2-3-4-5-6-7-8-14-36(27(38)25(31)10-9-13-34-28(32)33)20-23-21-37(29(39)41-23)22-11-12-26(24(30)19-22)35-15-17-40-18-16-35/h11-12,19,23,25H,2-10,13-18,20-21,31H2,1H3,(H4,32,33,34)/t23-,25-/m0/s1. The quantitative estimate of drug-likeness (QED) is 0.145. The van der Waals surface area contributed by atoms with E-state index in [9.17, 15) is 9.59 Å². The first-order valence-corrected chi connectivity index (χ1v) is 15.0. The molecule has 230 valence electrons. The van der Waals surface area contributed by atoms with Gasteiger partial charge in [0.15, 0.2) is 5.96 Å². The monoisotopic (exact) mass is 577 g/mol. The van der Waals surface area contributed by atoms with Crippen LogP contribution in [0.5, 0.6) is 0 Å². The fourth-order valence-electron chi connectivity index (χ4n) is 5.23. The number of carbonyl (C=O) groups is 2. The molecule has 0 aromatic heterocycles. The van der Waals surface area contributed by atoms with E-state index < -0.39 is 24.1 Å². The third-order valence-electron chi connectivity index (χ3n) is 7.52. The van der Waals surface area contributed by atoms with Gasteiger partial charge in [0.1, 0.15) is 11.9 Å². The molecule has 2 fully saturated rings. The van der Waals surface area contributed by atoms with E-state index in [1.807, 2.05) is 4.90 Å². The first-order chi connectivity index (χ1) is 19.8. The van der Waals surface area contributed by atoms with Crippen molar-refractivity contribution < 1.29 is 23.5 Å². The maximum absolute atomic E-state index is 15.0. The minimum absolute atomic E-state index is 0.00804. The van der Waals surface area contributed by atoms with E-state index in [0.29, 0.717) is 63.6 Å². The number of nitrogens with two attached hydrogens (primary N) is 3. The number of anilines is 2. The van der Waals surface area contributed by atoms with Crippen molar-refractivity contribution in [2.45, 2.75) is 76.9 Å². The number of benzene rings is 1. The van der Waals surface area contributed by atoms with Gasteiger partial charge in [-0.15, -0.1) is 0 Å². The van der Waals surface area contributed by atoms with Crippen LogP contribution in [0.1, 0.15) is 64.7 Å². The third kappa shape index (κ3) is 10.3. The van der Waals surface area contributed by atoms with Crippen molar-refractivity contribution in [2.75, 3.05) is 62.3 Å². The molecule has 41 heavy (non-hydrogen) atoms. The second-order valence-corrected chi connectivity index (χ2v) is 10.8. The number of hydrogen-bond donors (Lipinski definition) is 3. The lowest BCUT2D eigenvalue weighted by atomic mass is 10.1. The summed E-state index contributed by atoms with van der Waals surface area (Å²) < 4.78 is 26.0. The first-order valence-electron chi connectivity index (χ1n) is 15.0. The molecule has 3 rings (SSSR count). The Balaban J connectivity index is 1.60. The molecule has 0 saturated carbocycles. The summed E-state index contributed by atoms with van der Waals surface area (Å²) in [5.41, 5.74) is 17.9. The Hall–Kier alpha value is -3.12. The van der Waals surface area contributed by atoms with Crippen molar-refractivity contribution in [1.82, 2.24) is 4.90 Å². The summed E-state index contributed by atoms with van der Waals surface area (Å²) in [7, 11) is 0. The van der Waals surface area contributed by atoms with E-state index in [1.54, 1.807) is 17.0 Å². The van der Waals surface area contributed by atoms with Gasteiger partial charge >= 0.3 is 6.09 Å². The number of amides is 2. The van der Waals surface area contributed by atoms with Crippen LogP contribution in [0, 0.1) is 5.82 Å². The van der Waals surface area contributed by atoms with Gasteiger partial charge in [-0.3, -0.25) is 14.7 Å². The molecule has 2 amide bonds. The van der Waals surface area contributed by atoms with Crippen molar-refractivity contribution in [3.8, 4) is 0 Å². The van der Waals surface area contributed by atoms with Crippen molar-refractivity contribution in [3.63, 3.8) is 0 Å². The lowest BCUT2D eigenvalue weighted by molar-refractivity contribution is -0.134. The topological polar surface area (TPSA) is 153 Å². The molecule has 0 radical (unpaired) electrons. The number of guanidine groups is 1. The highest BCUT2D eigenvalue weighted by atomic mass is 19.1. The lowest BCUT2D eigenvalue weighted by Crippen LogP contribution is -2.47.